The topological polar surface area (TPSA) is 12.4 Å². The van der Waals surface area contributed by atoms with Gasteiger partial charge >= 0.3 is 0 Å². The Balaban J connectivity index is 1.97. The Morgan fingerprint density at radius 3 is 3.00 bits per heavy atom. The third-order valence-electron chi connectivity index (χ3n) is 2.12. The van der Waals surface area contributed by atoms with Gasteiger partial charge in [0.2, 0.25) is 0 Å². The zero-order valence-electron chi connectivity index (χ0n) is 6.84. The summed E-state index contributed by atoms with van der Waals surface area (Å²) in [6.45, 7) is 3.33. The summed E-state index contributed by atoms with van der Waals surface area (Å²) in [5.41, 5.74) is 0. The SMILES string of the molecule is CCCCCC1C=NCC1. The molecule has 1 rings (SSSR count). The number of unbranched alkanes of at least 4 members (excludes halogenated alkanes) is 2. The fraction of sp³-hybridized carbons (Fsp3) is 0.889. The highest BCUT2D eigenvalue weighted by molar-refractivity contribution is 5.62. The van der Waals surface area contributed by atoms with Crippen molar-refractivity contribution >= 4 is 6.21 Å². The summed E-state index contributed by atoms with van der Waals surface area (Å²) in [6.07, 6.45) is 8.96. The lowest BCUT2D eigenvalue weighted by molar-refractivity contribution is 0.565. The minimum Gasteiger partial charge on any atom is -0.297 e. The predicted molar refractivity (Wildman–Crippen MR) is 45.6 cm³/mol. The van der Waals surface area contributed by atoms with Crippen molar-refractivity contribution in [2.24, 2.45) is 10.9 Å². The second-order valence-corrected chi connectivity index (χ2v) is 3.10. The summed E-state index contributed by atoms with van der Waals surface area (Å²) in [6, 6.07) is 0. The summed E-state index contributed by atoms with van der Waals surface area (Å²) >= 11 is 0. The van der Waals surface area contributed by atoms with Crippen molar-refractivity contribution in [1.29, 1.82) is 0 Å². The predicted octanol–water partition coefficient (Wildman–Crippen LogP) is 2.66. The molecule has 1 unspecified atom stereocenters. The Kier molecular flexibility index (Phi) is 3.48. The minimum atomic E-state index is 0.826. The van der Waals surface area contributed by atoms with Crippen molar-refractivity contribution in [3.63, 3.8) is 0 Å². The summed E-state index contributed by atoms with van der Waals surface area (Å²) in [5.74, 6) is 0.826. The first-order valence-electron chi connectivity index (χ1n) is 4.43. The molecule has 0 amide bonds. The standard InChI is InChI=1S/C9H17N/c1-2-3-4-5-9-6-7-10-8-9/h8-9H,2-7H2,1H3. The first-order valence-corrected chi connectivity index (χ1v) is 4.43. The molecule has 0 aromatic carbocycles. The van der Waals surface area contributed by atoms with E-state index >= 15 is 0 Å². The van der Waals surface area contributed by atoms with Crippen molar-refractivity contribution in [2.75, 3.05) is 6.54 Å². The van der Waals surface area contributed by atoms with Gasteiger partial charge in [-0.1, -0.05) is 26.2 Å². The average molecular weight is 139 g/mol. The maximum Gasteiger partial charge on any atom is 0.0391 e. The molecule has 1 heterocycles. The Morgan fingerprint density at radius 2 is 2.40 bits per heavy atom. The molecule has 0 saturated carbocycles. The first kappa shape index (κ1) is 7.77. The van der Waals surface area contributed by atoms with E-state index in [-0.39, 0.29) is 0 Å². The van der Waals surface area contributed by atoms with Gasteiger partial charge in [0.1, 0.15) is 0 Å². The molecule has 0 bridgehead atoms. The molecule has 1 heteroatoms. The highest BCUT2D eigenvalue weighted by atomic mass is 14.7. The molecular weight excluding hydrogens is 122 g/mol. The quantitative estimate of drug-likeness (QED) is 0.531. The van der Waals surface area contributed by atoms with Crippen molar-refractivity contribution in [2.45, 2.75) is 39.0 Å². The number of hydrogen-bond acceptors (Lipinski definition) is 1. The summed E-state index contributed by atoms with van der Waals surface area (Å²) in [4.78, 5) is 4.22. The van der Waals surface area contributed by atoms with Gasteiger partial charge in [0, 0.05) is 12.8 Å². The van der Waals surface area contributed by atoms with Gasteiger partial charge in [0.15, 0.2) is 0 Å². The molecule has 1 aliphatic rings. The molecule has 0 saturated heterocycles. The third kappa shape index (κ3) is 2.51. The van der Waals surface area contributed by atoms with Crippen LogP contribution in [0.2, 0.25) is 0 Å². The molecule has 0 aromatic rings. The normalized spacial score (nSPS) is 23.9. The van der Waals surface area contributed by atoms with Crippen LogP contribution in [-0.2, 0) is 0 Å². The van der Waals surface area contributed by atoms with E-state index in [0.717, 1.165) is 12.5 Å². The van der Waals surface area contributed by atoms with E-state index in [1.165, 1.54) is 32.1 Å². The van der Waals surface area contributed by atoms with Gasteiger partial charge in [0.25, 0.3) is 0 Å². The smallest absolute Gasteiger partial charge is 0.0391 e. The van der Waals surface area contributed by atoms with Crippen LogP contribution in [0.5, 0.6) is 0 Å². The minimum absolute atomic E-state index is 0.826. The number of nitrogens with zero attached hydrogens (tertiary/aromatic N) is 1. The van der Waals surface area contributed by atoms with Gasteiger partial charge < -0.3 is 0 Å². The van der Waals surface area contributed by atoms with Crippen LogP contribution in [0.15, 0.2) is 4.99 Å². The second-order valence-electron chi connectivity index (χ2n) is 3.10. The van der Waals surface area contributed by atoms with E-state index in [9.17, 15) is 0 Å². The van der Waals surface area contributed by atoms with Crippen LogP contribution in [0, 0.1) is 5.92 Å². The van der Waals surface area contributed by atoms with Gasteiger partial charge in [0.05, 0.1) is 0 Å². The third-order valence-corrected chi connectivity index (χ3v) is 2.12. The summed E-state index contributed by atoms with van der Waals surface area (Å²) in [7, 11) is 0. The molecule has 0 fully saturated rings. The zero-order valence-corrected chi connectivity index (χ0v) is 6.84. The van der Waals surface area contributed by atoms with Gasteiger partial charge in [-0.05, 0) is 18.8 Å². The molecule has 1 atom stereocenters. The van der Waals surface area contributed by atoms with Crippen LogP contribution in [0.3, 0.4) is 0 Å². The lowest BCUT2D eigenvalue weighted by atomic mass is 10.0. The van der Waals surface area contributed by atoms with Gasteiger partial charge in [-0.15, -0.1) is 0 Å². The lowest BCUT2D eigenvalue weighted by Gasteiger charge is -2.03. The molecule has 1 aliphatic heterocycles. The van der Waals surface area contributed by atoms with Crippen LogP contribution in [-0.4, -0.2) is 12.8 Å². The van der Waals surface area contributed by atoms with Gasteiger partial charge in [-0.3, -0.25) is 4.99 Å². The molecule has 58 valence electrons. The molecule has 10 heavy (non-hydrogen) atoms. The number of hydrogen-bond donors (Lipinski definition) is 0. The van der Waals surface area contributed by atoms with Crippen LogP contribution in [0.1, 0.15) is 39.0 Å². The average Bonchev–Trinajstić information content (AvgIpc) is 2.41. The van der Waals surface area contributed by atoms with Crippen molar-refractivity contribution < 1.29 is 0 Å². The van der Waals surface area contributed by atoms with Gasteiger partial charge in [-0.2, -0.15) is 0 Å². The first-order chi connectivity index (χ1) is 4.93. The summed E-state index contributed by atoms with van der Waals surface area (Å²) in [5, 5.41) is 0. The Bertz CT molecular complexity index is 107. The number of rotatable bonds is 4. The Hall–Kier alpha value is -0.330. The molecule has 0 aromatic heterocycles. The number of aliphatic imine (C=N–C) groups is 1. The van der Waals surface area contributed by atoms with Crippen LogP contribution in [0.25, 0.3) is 0 Å². The van der Waals surface area contributed by atoms with E-state index in [2.05, 4.69) is 18.1 Å². The molecule has 0 aliphatic carbocycles. The van der Waals surface area contributed by atoms with Crippen LogP contribution >= 0.6 is 0 Å². The highest BCUT2D eigenvalue weighted by Crippen LogP contribution is 2.15. The molecular formula is C9H17N. The zero-order chi connectivity index (χ0) is 7.23. The van der Waals surface area contributed by atoms with Crippen LogP contribution < -0.4 is 0 Å². The fourth-order valence-electron chi connectivity index (χ4n) is 1.41. The molecule has 0 spiro atoms. The van der Waals surface area contributed by atoms with E-state index in [1.807, 2.05) is 0 Å². The monoisotopic (exact) mass is 139 g/mol. The molecule has 0 N–H and O–H groups in total. The van der Waals surface area contributed by atoms with E-state index in [4.69, 9.17) is 0 Å². The maximum absolute atomic E-state index is 4.22. The van der Waals surface area contributed by atoms with Crippen molar-refractivity contribution in [3.8, 4) is 0 Å². The van der Waals surface area contributed by atoms with E-state index in [0.29, 0.717) is 0 Å². The van der Waals surface area contributed by atoms with Crippen molar-refractivity contribution in [3.05, 3.63) is 0 Å². The second kappa shape index (κ2) is 4.48. The van der Waals surface area contributed by atoms with Crippen LogP contribution in [0.4, 0.5) is 0 Å². The summed E-state index contributed by atoms with van der Waals surface area (Å²) < 4.78 is 0. The lowest BCUT2D eigenvalue weighted by Crippen LogP contribution is -1.96. The maximum atomic E-state index is 4.22. The van der Waals surface area contributed by atoms with E-state index < -0.39 is 0 Å². The van der Waals surface area contributed by atoms with Gasteiger partial charge in [-0.25, -0.2) is 0 Å². The molecule has 1 nitrogen and oxygen atoms in total. The fourth-order valence-corrected chi connectivity index (χ4v) is 1.41. The molecule has 0 radical (unpaired) electrons. The van der Waals surface area contributed by atoms with Crippen molar-refractivity contribution in [1.82, 2.24) is 0 Å². The highest BCUT2D eigenvalue weighted by Gasteiger charge is 2.08. The Labute approximate surface area is 63.5 Å². The van der Waals surface area contributed by atoms with E-state index in [1.54, 1.807) is 0 Å². The Morgan fingerprint density at radius 1 is 1.50 bits per heavy atom. The largest absolute Gasteiger partial charge is 0.297 e.